The molecule has 51 heavy (non-hydrogen) atoms. The van der Waals surface area contributed by atoms with Crippen molar-refractivity contribution < 1.29 is 14.6 Å². The number of morpholine rings is 1. The first-order valence-corrected chi connectivity index (χ1v) is 20.9. The number of benzene rings is 4. The summed E-state index contributed by atoms with van der Waals surface area (Å²) in [5, 5.41) is 11.2. The number of hydrogen-bond acceptors (Lipinski definition) is 5. The number of ether oxygens (including phenoxy) is 2. The van der Waals surface area contributed by atoms with E-state index in [9.17, 15) is 5.11 Å². The van der Waals surface area contributed by atoms with Gasteiger partial charge >= 0.3 is 0 Å². The van der Waals surface area contributed by atoms with E-state index in [2.05, 4.69) is 91.6 Å². The second kappa shape index (κ2) is 21.8. The summed E-state index contributed by atoms with van der Waals surface area (Å²) in [4.78, 5) is 5.02. The molecule has 2 aliphatic rings. The van der Waals surface area contributed by atoms with Crippen molar-refractivity contribution in [3.8, 4) is 11.5 Å². The molecule has 0 amide bonds. The highest BCUT2D eigenvalue weighted by molar-refractivity contribution is 14.1. The summed E-state index contributed by atoms with van der Waals surface area (Å²) in [7, 11) is 0. The molecule has 6 rings (SSSR count). The van der Waals surface area contributed by atoms with Gasteiger partial charge in [-0.25, -0.2) is 0 Å². The summed E-state index contributed by atoms with van der Waals surface area (Å²) < 4.78 is 13.4. The second-order valence-electron chi connectivity index (χ2n) is 12.5. The van der Waals surface area contributed by atoms with Gasteiger partial charge in [0, 0.05) is 37.2 Å². The highest BCUT2D eigenvalue weighted by Crippen LogP contribution is 2.39. The summed E-state index contributed by atoms with van der Waals surface area (Å²) in [5.74, 6) is 1.19. The monoisotopic (exact) mass is 908 g/mol. The van der Waals surface area contributed by atoms with E-state index < -0.39 is 0 Å². The molecule has 1 aliphatic carbocycles. The fourth-order valence-electron chi connectivity index (χ4n) is 7.05. The Hall–Kier alpha value is -1.85. The quantitative estimate of drug-likeness (QED) is 0.161. The highest BCUT2D eigenvalue weighted by atomic mass is 127. The molecule has 2 unspecified atom stereocenters. The Morgan fingerprint density at radius 2 is 1.45 bits per heavy atom. The lowest BCUT2D eigenvalue weighted by molar-refractivity contribution is 0.0239. The van der Waals surface area contributed by atoms with Crippen molar-refractivity contribution in [1.82, 2.24) is 9.80 Å². The Labute approximate surface area is 337 Å². The molecule has 4 aromatic carbocycles. The molecule has 1 N–H and O–H groups in total. The molecular formula is C42H52BrCl2IN2O3. The van der Waals surface area contributed by atoms with Crippen LogP contribution in [0.3, 0.4) is 0 Å². The molecule has 0 radical (unpaired) electrons. The molecule has 0 spiro atoms. The zero-order valence-corrected chi connectivity index (χ0v) is 35.5. The van der Waals surface area contributed by atoms with Gasteiger partial charge in [0.25, 0.3) is 0 Å². The normalized spacial score (nSPS) is 16.3. The predicted octanol–water partition coefficient (Wildman–Crippen LogP) is 12.3. The first-order valence-electron chi connectivity index (χ1n) is 18.3. The SMILES string of the molecule is CC.CCOc1ccc(C(c2cc(Br)ccc2Cl)N(CC)C2CCCCC2)cc1.Oc1ccc(C(c2cc(I)ccc2Cl)N2CCOCC2)cc1. The number of rotatable bonds is 10. The maximum absolute atomic E-state index is 9.56. The van der Waals surface area contributed by atoms with Crippen molar-refractivity contribution in [2.24, 2.45) is 0 Å². The van der Waals surface area contributed by atoms with Crippen LogP contribution >= 0.6 is 61.7 Å². The molecule has 1 saturated carbocycles. The molecule has 5 nitrogen and oxygen atoms in total. The molecule has 1 aliphatic heterocycles. The van der Waals surface area contributed by atoms with Crippen molar-refractivity contribution in [3.63, 3.8) is 0 Å². The van der Waals surface area contributed by atoms with Crippen LogP contribution in [0.15, 0.2) is 89.4 Å². The van der Waals surface area contributed by atoms with E-state index in [1.807, 2.05) is 57.2 Å². The number of aromatic hydroxyl groups is 1. The number of nitrogens with zero attached hydrogens (tertiary/aromatic N) is 2. The Bertz CT molecular complexity index is 1610. The molecule has 0 aromatic heterocycles. The number of phenols is 1. The van der Waals surface area contributed by atoms with E-state index in [1.165, 1.54) is 43.2 Å². The van der Waals surface area contributed by atoms with Crippen LogP contribution in [0.25, 0.3) is 0 Å². The van der Waals surface area contributed by atoms with Crippen LogP contribution in [0.5, 0.6) is 11.5 Å². The largest absolute Gasteiger partial charge is 0.508 e. The molecule has 9 heteroatoms. The van der Waals surface area contributed by atoms with Gasteiger partial charge in [0.1, 0.15) is 11.5 Å². The van der Waals surface area contributed by atoms with Crippen LogP contribution in [0.4, 0.5) is 0 Å². The van der Waals surface area contributed by atoms with Crippen LogP contribution in [0.2, 0.25) is 10.0 Å². The Balaban J connectivity index is 0.000000222. The Kier molecular flexibility index (Phi) is 17.9. The molecule has 276 valence electrons. The van der Waals surface area contributed by atoms with Crippen molar-refractivity contribution in [3.05, 3.63) is 125 Å². The van der Waals surface area contributed by atoms with E-state index in [-0.39, 0.29) is 17.8 Å². The van der Waals surface area contributed by atoms with Crippen LogP contribution in [0, 0.1) is 3.57 Å². The molecule has 0 bridgehead atoms. The predicted molar refractivity (Wildman–Crippen MR) is 226 cm³/mol. The van der Waals surface area contributed by atoms with Gasteiger partial charge in [-0.2, -0.15) is 0 Å². The first kappa shape index (κ1) is 41.9. The molecule has 1 saturated heterocycles. The highest BCUT2D eigenvalue weighted by Gasteiger charge is 2.30. The molecule has 2 atom stereocenters. The average molecular weight is 911 g/mol. The van der Waals surface area contributed by atoms with Crippen LogP contribution in [0.1, 0.15) is 94.1 Å². The summed E-state index contributed by atoms with van der Waals surface area (Å²) in [6.07, 6.45) is 6.55. The van der Waals surface area contributed by atoms with Gasteiger partial charge in [0.05, 0.1) is 31.9 Å². The minimum Gasteiger partial charge on any atom is -0.508 e. The van der Waals surface area contributed by atoms with E-state index in [4.69, 9.17) is 32.7 Å². The zero-order valence-electron chi connectivity index (χ0n) is 30.3. The van der Waals surface area contributed by atoms with Crippen LogP contribution in [-0.4, -0.2) is 60.4 Å². The molecule has 2 fully saturated rings. The maximum Gasteiger partial charge on any atom is 0.119 e. The number of hydrogen-bond donors (Lipinski definition) is 1. The van der Waals surface area contributed by atoms with Gasteiger partial charge in [-0.05, 0) is 132 Å². The van der Waals surface area contributed by atoms with Gasteiger partial charge < -0.3 is 14.6 Å². The van der Waals surface area contributed by atoms with Gasteiger partial charge in [-0.15, -0.1) is 0 Å². The van der Waals surface area contributed by atoms with Crippen molar-refractivity contribution in [2.75, 3.05) is 39.5 Å². The van der Waals surface area contributed by atoms with Crippen LogP contribution in [-0.2, 0) is 4.74 Å². The lowest BCUT2D eigenvalue weighted by atomic mass is 9.89. The maximum atomic E-state index is 9.56. The van der Waals surface area contributed by atoms with Gasteiger partial charge in [0.15, 0.2) is 0 Å². The standard InChI is InChI=1S/C23H29BrClNO.C17H17ClINO2.C2H6/c1-3-26(19-8-6-5-7-9-19)23(21-16-18(24)12-15-22(21)25)17-10-13-20(14-11-17)27-4-2;18-16-6-3-13(19)11-15(16)17(20-7-9-22-10-8-20)12-1-4-14(21)5-2-12;1-2/h10-16,19,23H,3-9H2,1-2H3;1-6,11,17,21H,7-10H2;1-2H3. The zero-order chi connectivity index (χ0) is 36.8. The smallest absolute Gasteiger partial charge is 0.119 e. The van der Waals surface area contributed by atoms with Crippen LogP contribution < -0.4 is 4.74 Å². The number of halogens is 4. The molecule has 1 heterocycles. The number of phenolic OH excluding ortho intramolecular Hbond substituents is 1. The van der Waals surface area contributed by atoms with Crippen molar-refractivity contribution in [2.45, 2.75) is 77.9 Å². The molecular weight excluding hydrogens is 858 g/mol. The fourth-order valence-corrected chi connectivity index (χ4v) is 8.39. The van der Waals surface area contributed by atoms with Gasteiger partial charge in [-0.3, -0.25) is 9.80 Å². The van der Waals surface area contributed by atoms with E-state index in [0.717, 1.165) is 67.8 Å². The topological polar surface area (TPSA) is 45.2 Å². The van der Waals surface area contributed by atoms with E-state index >= 15 is 0 Å². The van der Waals surface area contributed by atoms with E-state index in [0.29, 0.717) is 12.6 Å². The van der Waals surface area contributed by atoms with Crippen molar-refractivity contribution >= 4 is 61.7 Å². The minimum absolute atomic E-state index is 0.0757. The molecule has 4 aromatic rings. The summed E-state index contributed by atoms with van der Waals surface area (Å²) in [5.41, 5.74) is 4.67. The lowest BCUT2D eigenvalue weighted by Gasteiger charge is -2.40. The third kappa shape index (κ3) is 11.8. The first-order chi connectivity index (χ1) is 24.8. The van der Waals surface area contributed by atoms with Gasteiger partial charge in [0.2, 0.25) is 0 Å². The average Bonchev–Trinajstić information content (AvgIpc) is 3.16. The minimum atomic E-state index is 0.0757. The fraction of sp³-hybridized carbons (Fsp3) is 0.429. The summed E-state index contributed by atoms with van der Waals surface area (Å²) in [6.45, 7) is 13.2. The summed E-state index contributed by atoms with van der Waals surface area (Å²) in [6, 6.07) is 29.0. The third-order valence-electron chi connectivity index (χ3n) is 9.37. The Morgan fingerprint density at radius 3 is 2.08 bits per heavy atom. The van der Waals surface area contributed by atoms with Crippen molar-refractivity contribution in [1.29, 1.82) is 0 Å². The van der Waals surface area contributed by atoms with Gasteiger partial charge in [-0.1, -0.05) is 103 Å². The van der Waals surface area contributed by atoms with E-state index in [1.54, 1.807) is 12.1 Å². The third-order valence-corrected chi connectivity index (χ3v) is 11.2. The lowest BCUT2D eigenvalue weighted by Crippen LogP contribution is -2.40. The summed E-state index contributed by atoms with van der Waals surface area (Å²) >= 11 is 19.1. The Morgan fingerprint density at radius 1 is 0.843 bits per heavy atom. The second-order valence-corrected chi connectivity index (χ2v) is 15.5.